The van der Waals surface area contributed by atoms with Gasteiger partial charge in [0, 0.05) is 6.07 Å². The van der Waals surface area contributed by atoms with Gasteiger partial charge in [-0.3, -0.25) is 0 Å². The van der Waals surface area contributed by atoms with Gasteiger partial charge >= 0.3 is 10.1 Å². The minimum atomic E-state index is -3.91. The molecule has 0 atom stereocenters. The molecule has 0 amide bonds. The van der Waals surface area contributed by atoms with Gasteiger partial charge in [-0.15, -0.1) is 0 Å². The van der Waals surface area contributed by atoms with Gasteiger partial charge < -0.3 is 8.61 Å². The average Bonchev–Trinajstić information content (AvgIpc) is 2.51. The fraction of sp³-hybridized carbons (Fsp3) is 0.368. The van der Waals surface area contributed by atoms with Crippen molar-refractivity contribution in [1.29, 1.82) is 0 Å². The summed E-state index contributed by atoms with van der Waals surface area (Å²) in [5, 5.41) is 0.0358. The van der Waals surface area contributed by atoms with Gasteiger partial charge in [0.1, 0.15) is 10.6 Å². The Morgan fingerprint density at radius 1 is 0.926 bits per heavy atom. The minimum absolute atomic E-state index is 0.0358. The third-order valence-corrected chi connectivity index (χ3v) is 11.9. The van der Waals surface area contributed by atoms with Crippen molar-refractivity contribution in [3.63, 3.8) is 0 Å². The van der Waals surface area contributed by atoms with Crippen LogP contribution < -0.4 is 8.61 Å². The maximum atomic E-state index is 12.6. The zero-order chi connectivity index (χ0) is 20.6. The van der Waals surface area contributed by atoms with Crippen LogP contribution in [0.1, 0.15) is 26.3 Å². The summed E-state index contributed by atoms with van der Waals surface area (Å²) < 4.78 is 38.8. The average molecular weight is 630 g/mol. The lowest BCUT2D eigenvalue weighted by atomic mass is 10.2. The molecule has 0 aromatic heterocycles. The van der Waals surface area contributed by atoms with Crippen LogP contribution in [0, 0.1) is 14.1 Å². The molecule has 2 aromatic rings. The molecular formula is C19H24I2O4SSi. The maximum absolute atomic E-state index is 12.6. The van der Waals surface area contributed by atoms with Gasteiger partial charge in [-0.05, 0) is 88.4 Å². The molecule has 0 aliphatic heterocycles. The summed E-state index contributed by atoms with van der Waals surface area (Å²) in [5.74, 6) is 0.946. The fourth-order valence-electron chi connectivity index (χ4n) is 1.95. The number of rotatable bonds is 5. The van der Waals surface area contributed by atoms with E-state index in [1.54, 1.807) is 30.3 Å². The van der Waals surface area contributed by atoms with E-state index in [1.165, 1.54) is 0 Å². The predicted molar refractivity (Wildman–Crippen MR) is 129 cm³/mol. The molecule has 4 nitrogen and oxygen atoms in total. The molecule has 2 aromatic carbocycles. The molecule has 0 heterocycles. The number of benzene rings is 2. The van der Waals surface area contributed by atoms with E-state index in [1.807, 2.05) is 13.0 Å². The van der Waals surface area contributed by atoms with E-state index in [4.69, 9.17) is 8.61 Å². The molecule has 0 N–H and O–H groups in total. The Hall–Kier alpha value is -0.333. The predicted octanol–water partition coefficient (Wildman–Crippen LogP) is 6.36. The van der Waals surface area contributed by atoms with E-state index in [0.717, 1.165) is 12.7 Å². The highest BCUT2D eigenvalue weighted by Crippen LogP contribution is 2.40. The zero-order valence-electron chi connectivity index (χ0n) is 16.3. The van der Waals surface area contributed by atoms with Gasteiger partial charge in [0.25, 0.3) is 8.32 Å². The largest absolute Gasteiger partial charge is 0.543 e. The van der Waals surface area contributed by atoms with Crippen LogP contribution in [0.15, 0.2) is 41.3 Å². The SMILES string of the molecule is Cc1ccc(S(=O)(=O)Oc2cc(O[Si](C)(C)C(C)(C)C)c(I)cc2I)cc1. The lowest BCUT2D eigenvalue weighted by Crippen LogP contribution is -2.44. The molecule has 0 spiro atoms. The first-order chi connectivity index (χ1) is 12.2. The van der Waals surface area contributed by atoms with Crippen LogP contribution in [0.2, 0.25) is 18.1 Å². The summed E-state index contributed by atoms with van der Waals surface area (Å²) in [6.45, 7) is 12.7. The van der Waals surface area contributed by atoms with Crippen LogP contribution in [-0.2, 0) is 10.1 Å². The van der Waals surface area contributed by atoms with Crippen molar-refractivity contribution in [3.05, 3.63) is 49.1 Å². The van der Waals surface area contributed by atoms with Crippen LogP contribution in [0.4, 0.5) is 0 Å². The molecule has 27 heavy (non-hydrogen) atoms. The van der Waals surface area contributed by atoms with Crippen molar-refractivity contribution in [3.8, 4) is 11.5 Å². The summed E-state index contributed by atoms with van der Waals surface area (Å²) in [6, 6.07) is 10.2. The third-order valence-electron chi connectivity index (χ3n) is 4.67. The van der Waals surface area contributed by atoms with Crippen LogP contribution >= 0.6 is 45.2 Å². The smallest absolute Gasteiger partial charge is 0.339 e. The Bertz CT molecular complexity index is 933. The van der Waals surface area contributed by atoms with E-state index in [-0.39, 0.29) is 15.7 Å². The molecule has 0 fully saturated rings. The van der Waals surface area contributed by atoms with Crippen molar-refractivity contribution in [2.75, 3.05) is 0 Å². The van der Waals surface area contributed by atoms with E-state index >= 15 is 0 Å². The second kappa shape index (κ2) is 8.19. The fourth-order valence-corrected chi connectivity index (χ4v) is 6.02. The maximum Gasteiger partial charge on any atom is 0.339 e. The molecule has 0 saturated carbocycles. The van der Waals surface area contributed by atoms with Crippen molar-refractivity contribution in [2.24, 2.45) is 0 Å². The summed E-state index contributed by atoms with van der Waals surface area (Å²) in [5.41, 5.74) is 0.989. The van der Waals surface area contributed by atoms with E-state index < -0.39 is 18.4 Å². The summed E-state index contributed by atoms with van der Waals surface area (Å²) in [4.78, 5) is 0.134. The second-order valence-electron chi connectivity index (χ2n) is 7.93. The van der Waals surface area contributed by atoms with Gasteiger partial charge in [-0.2, -0.15) is 8.42 Å². The summed E-state index contributed by atoms with van der Waals surface area (Å²) in [6.07, 6.45) is 0. The Balaban J connectivity index is 2.39. The first-order valence-corrected chi connectivity index (χ1v) is 14.9. The molecule has 148 valence electrons. The van der Waals surface area contributed by atoms with E-state index in [2.05, 4.69) is 79.0 Å². The van der Waals surface area contributed by atoms with Crippen molar-refractivity contribution in [2.45, 2.75) is 50.7 Å². The molecule has 8 heteroatoms. The Morgan fingerprint density at radius 3 is 1.96 bits per heavy atom. The highest BCUT2D eigenvalue weighted by molar-refractivity contribution is 14.1. The molecule has 0 unspecified atom stereocenters. The topological polar surface area (TPSA) is 52.6 Å². The lowest BCUT2D eigenvalue weighted by molar-refractivity contribution is 0.472. The van der Waals surface area contributed by atoms with Crippen molar-refractivity contribution >= 4 is 63.6 Å². The molecule has 2 rings (SSSR count). The van der Waals surface area contributed by atoms with E-state index in [9.17, 15) is 8.42 Å². The zero-order valence-corrected chi connectivity index (χ0v) is 22.4. The van der Waals surface area contributed by atoms with Crippen molar-refractivity contribution < 1.29 is 17.0 Å². The van der Waals surface area contributed by atoms with Gasteiger partial charge in [-0.1, -0.05) is 38.5 Å². The van der Waals surface area contributed by atoms with Crippen LogP contribution in [-0.4, -0.2) is 16.7 Å². The molecule has 0 radical (unpaired) electrons. The number of hydrogen-bond acceptors (Lipinski definition) is 4. The number of hydrogen-bond donors (Lipinski definition) is 0. The molecule has 0 bridgehead atoms. The monoisotopic (exact) mass is 630 g/mol. The standard InChI is InChI=1S/C19H24I2O4SSi/c1-13-7-9-14(10-8-13)26(22,23)24-17-12-18(16(21)11-15(17)20)25-27(5,6)19(2,3)4/h7-12H,1-6H3. The minimum Gasteiger partial charge on any atom is -0.543 e. The van der Waals surface area contributed by atoms with Gasteiger partial charge in [0.05, 0.1) is 7.14 Å². The van der Waals surface area contributed by atoms with E-state index in [0.29, 0.717) is 5.75 Å². The van der Waals surface area contributed by atoms with Gasteiger partial charge in [0.2, 0.25) is 0 Å². The van der Waals surface area contributed by atoms with Gasteiger partial charge in [0.15, 0.2) is 5.75 Å². The molecule has 0 aliphatic rings. The number of halogens is 2. The lowest BCUT2D eigenvalue weighted by Gasteiger charge is -2.36. The molecular weight excluding hydrogens is 606 g/mol. The second-order valence-corrected chi connectivity index (χ2v) is 16.5. The highest BCUT2D eigenvalue weighted by atomic mass is 127. The Morgan fingerprint density at radius 2 is 1.44 bits per heavy atom. The molecule has 0 aliphatic carbocycles. The van der Waals surface area contributed by atoms with Crippen LogP contribution in [0.3, 0.4) is 0 Å². The molecule has 0 saturated heterocycles. The first-order valence-electron chi connectivity index (χ1n) is 8.42. The highest BCUT2D eigenvalue weighted by Gasteiger charge is 2.39. The Labute approximate surface area is 190 Å². The van der Waals surface area contributed by atoms with Crippen molar-refractivity contribution in [1.82, 2.24) is 0 Å². The Kier molecular flexibility index (Phi) is 6.96. The first kappa shape index (κ1) is 23.0. The third kappa shape index (κ3) is 5.60. The quantitative estimate of drug-likeness (QED) is 0.220. The van der Waals surface area contributed by atoms with Crippen LogP contribution in [0.5, 0.6) is 11.5 Å². The number of aryl methyl sites for hydroxylation is 1. The van der Waals surface area contributed by atoms with Crippen LogP contribution in [0.25, 0.3) is 0 Å². The van der Waals surface area contributed by atoms with Gasteiger partial charge in [-0.25, -0.2) is 0 Å². The normalized spacial score (nSPS) is 12.7. The summed E-state index contributed by atoms with van der Waals surface area (Å²) in [7, 11) is -5.96. The summed E-state index contributed by atoms with van der Waals surface area (Å²) >= 11 is 4.29.